The van der Waals surface area contributed by atoms with Gasteiger partial charge in [0.25, 0.3) is 0 Å². The van der Waals surface area contributed by atoms with Crippen LogP contribution in [0.4, 0.5) is 14.5 Å². The molecular weight excluding hydrogens is 530 g/mol. The lowest BCUT2D eigenvalue weighted by Crippen LogP contribution is -2.15. The van der Waals surface area contributed by atoms with Crippen molar-refractivity contribution in [1.82, 2.24) is 14.7 Å². The van der Waals surface area contributed by atoms with Crippen LogP contribution in [0, 0.1) is 25.5 Å². The van der Waals surface area contributed by atoms with Crippen LogP contribution in [0.25, 0.3) is 28.0 Å². The van der Waals surface area contributed by atoms with E-state index in [2.05, 4.69) is 14.9 Å². The highest BCUT2D eigenvalue weighted by Crippen LogP contribution is 2.35. The van der Waals surface area contributed by atoms with Crippen LogP contribution < -0.4 is 14.9 Å². The lowest BCUT2D eigenvalue weighted by molar-refractivity contribution is 0.394. The Bertz CT molecular complexity index is 1900. The second-order valence-corrected chi connectivity index (χ2v) is 10.8. The molecule has 0 saturated heterocycles. The zero-order valence-electron chi connectivity index (χ0n) is 21.0. The number of aryl methyl sites for hydroxylation is 2. The molecule has 5 aromatic rings. The molecule has 0 aliphatic heterocycles. The summed E-state index contributed by atoms with van der Waals surface area (Å²) in [6.07, 6.45) is 1.57. The predicted octanol–water partition coefficient (Wildman–Crippen LogP) is 5.49. The first kappa shape index (κ1) is 26.0. The topological polar surface area (TPSA) is 116 Å². The van der Waals surface area contributed by atoms with Gasteiger partial charge in [-0.15, -0.1) is 0 Å². The van der Waals surface area contributed by atoms with Gasteiger partial charge in [-0.2, -0.15) is 4.98 Å². The molecule has 3 aromatic carbocycles. The highest BCUT2D eigenvalue weighted by Gasteiger charge is 2.18. The first-order valence-electron chi connectivity index (χ1n) is 11.8. The number of aromatic nitrogens is 3. The molecule has 2 heterocycles. The van der Waals surface area contributed by atoms with Crippen molar-refractivity contribution in [3.63, 3.8) is 0 Å². The van der Waals surface area contributed by atoms with E-state index in [1.54, 1.807) is 42.8 Å². The molecule has 200 valence electrons. The highest BCUT2D eigenvalue weighted by atomic mass is 32.2. The largest absolute Gasteiger partial charge is 0.452 e. The molecule has 0 aliphatic carbocycles. The highest BCUT2D eigenvalue weighted by molar-refractivity contribution is 7.92. The van der Waals surface area contributed by atoms with Crippen molar-refractivity contribution in [3.05, 3.63) is 94.1 Å². The van der Waals surface area contributed by atoms with Crippen LogP contribution in [0.5, 0.6) is 11.5 Å². The zero-order chi connectivity index (χ0) is 27.9. The predicted molar refractivity (Wildman–Crippen MR) is 142 cm³/mol. The fourth-order valence-electron chi connectivity index (χ4n) is 4.00. The molecule has 12 heteroatoms. The summed E-state index contributed by atoms with van der Waals surface area (Å²) in [5, 5.41) is 4.24. The van der Waals surface area contributed by atoms with Gasteiger partial charge < -0.3 is 13.8 Å². The van der Waals surface area contributed by atoms with Crippen molar-refractivity contribution < 1.29 is 26.5 Å². The number of hydrogen-bond donors (Lipinski definition) is 1. The van der Waals surface area contributed by atoms with Gasteiger partial charge in [0, 0.05) is 35.7 Å². The number of hydrogen-bond acceptors (Lipinski definition) is 7. The Balaban J connectivity index is 1.73. The lowest BCUT2D eigenvalue weighted by Gasteiger charge is -2.19. The van der Waals surface area contributed by atoms with E-state index in [0.717, 1.165) is 12.1 Å². The molecule has 0 unspecified atom stereocenters. The Morgan fingerprint density at radius 3 is 2.49 bits per heavy atom. The number of sulfonamides is 1. The van der Waals surface area contributed by atoms with Crippen LogP contribution in [-0.2, 0) is 10.0 Å². The summed E-state index contributed by atoms with van der Waals surface area (Å²) in [5.41, 5.74) is 1.67. The molecule has 5 rings (SSSR count). The van der Waals surface area contributed by atoms with Crippen molar-refractivity contribution >= 4 is 26.6 Å². The zero-order valence-corrected chi connectivity index (χ0v) is 21.8. The van der Waals surface area contributed by atoms with Crippen molar-refractivity contribution in [2.24, 2.45) is 0 Å². The standard InChI is InChI=1S/C27H22F2N4O5S/c1-4-39(35,36)32-19-7-10-25(37-24-9-6-18(28)12-21(24)29)23(13-19)33-14-15(2)26(34)20-11-17(5-8-22(20)33)27-30-16(3)38-31-27/h5-14,32H,4H2,1-3H3. The Morgan fingerprint density at radius 2 is 1.79 bits per heavy atom. The van der Waals surface area contributed by atoms with Gasteiger partial charge in [-0.05, 0) is 62.4 Å². The number of nitrogens with one attached hydrogen (secondary N) is 1. The smallest absolute Gasteiger partial charge is 0.232 e. The maximum Gasteiger partial charge on any atom is 0.232 e. The minimum absolute atomic E-state index is 0.127. The van der Waals surface area contributed by atoms with Crippen LogP contribution in [0.3, 0.4) is 0 Å². The number of halogens is 2. The Kier molecular flexibility index (Phi) is 6.64. The summed E-state index contributed by atoms with van der Waals surface area (Å²) in [6.45, 7) is 4.78. The van der Waals surface area contributed by atoms with E-state index >= 15 is 0 Å². The van der Waals surface area contributed by atoms with E-state index in [-0.39, 0.29) is 28.4 Å². The summed E-state index contributed by atoms with van der Waals surface area (Å²) in [6, 6.07) is 12.4. The molecule has 0 amide bonds. The summed E-state index contributed by atoms with van der Waals surface area (Å²) >= 11 is 0. The second kappa shape index (κ2) is 9.95. The SMILES string of the molecule is CCS(=O)(=O)Nc1ccc(Oc2ccc(F)cc2F)c(-n2cc(C)c(=O)c3cc(-c4noc(C)n4)ccc32)c1. The summed E-state index contributed by atoms with van der Waals surface area (Å²) in [4.78, 5) is 17.4. The van der Waals surface area contributed by atoms with Gasteiger partial charge in [0.2, 0.25) is 21.7 Å². The average Bonchev–Trinajstić information content (AvgIpc) is 3.34. The van der Waals surface area contributed by atoms with Crippen LogP contribution in [-0.4, -0.2) is 28.9 Å². The van der Waals surface area contributed by atoms with E-state index in [4.69, 9.17) is 9.26 Å². The number of anilines is 1. The number of ether oxygens (including phenoxy) is 1. The van der Waals surface area contributed by atoms with E-state index in [1.165, 1.54) is 25.1 Å². The Morgan fingerprint density at radius 1 is 1.03 bits per heavy atom. The maximum absolute atomic E-state index is 14.5. The lowest BCUT2D eigenvalue weighted by atomic mass is 10.1. The van der Waals surface area contributed by atoms with Crippen molar-refractivity contribution in [1.29, 1.82) is 0 Å². The fourth-order valence-corrected chi connectivity index (χ4v) is 4.63. The monoisotopic (exact) mass is 552 g/mol. The van der Waals surface area contributed by atoms with Crippen LogP contribution >= 0.6 is 0 Å². The van der Waals surface area contributed by atoms with Gasteiger partial charge in [-0.1, -0.05) is 5.16 Å². The first-order valence-corrected chi connectivity index (χ1v) is 13.4. The molecule has 0 bridgehead atoms. The number of rotatable bonds is 7. The van der Waals surface area contributed by atoms with E-state index in [1.807, 2.05) is 0 Å². The molecule has 0 fully saturated rings. The van der Waals surface area contributed by atoms with Gasteiger partial charge in [0.15, 0.2) is 22.7 Å². The van der Waals surface area contributed by atoms with E-state index < -0.39 is 21.7 Å². The maximum atomic E-state index is 14.5. The fraction of sp³-hybridized carbons (Fsp3) is 0.148. The summed E-state index contributed by atoms with van der Waals surface area (Å²) < 4.78 is 67.5. The number of fused-ring (bicyclic) bond motifs is 1. The molecule has 1 N–H and O–H groups in total. The third-order valence-electron chi connectivity index (χ3n) is 5.95. The third-order valence-corrected chi connectivity index (χ3v) is 7.26. The molecule has 0 radical (unpaired) electrons. The molecule has 9 nitrogen and oxygen atoms in total. The van der Waals surface area contributed by atoms with Gasteiger partial charge >= 0.3 is 0 Å². The van der Waals surface area contributed by atoms with Crippen LogP contribution in [0.2, 0.25) is 0 Å². The molecule has 39 heavy (non-hydrogen) atoms. The average molecular weight is 553 g/mol. The number of pyridine rings is 1. The molecule has 0 saturated carbocycles. The number of benzene rings is 3. The van der Waals surface area contributed by atoms with Gasteiger partial charge in [-0.25, -0.2) is 17.2 Å². The quantitative estimate of drug-likeness (QED) is 0.284. The van der Waals surface area contributed by atoms with Gasteiger partial charge in [0.05, 0.1) is 22.6 Å². The van der Waals surface area contributed by atoms with Gasteiger partial charge in [-0.3, -0.25) is 9.52 Å². The molecule has 0 aliphatic rings. The van der Waals surface area contributed by atoms with Crippen LogP contribution in [0.15, 0.2) is 70.1 Å². The van der Waals surface area contributed by atoms with Crippen LogP contribution in [0.1, 0.15) is 18.4 Å². The Hall–Kier alpha value is -4.58. The third kappa shape index (κ3) is 5.23. The molecule has 0 spiro atoms. The van der Waals surface area contributed by atoms with Crippen molar-refractivity contribution in [3.8, 4) is 28.6 Å². The van der Waals surface area contributed by atoms with Crippen molar-refractivity contribution in [2.45, 2.75) is 20.8 Å². The van der Waals surface area contributed by atoms with Crippen molar-refractivity contribution in [2.75, 3.05) is 10.5 Å². The van der Waals surface area contributed by atoms with E-state index in [0.29, 0.717) is 45.5 Å². The summed E-state index contributed by atoms with van der Waals surface area (Å²) in [7, 11) is -3.62. The minimum atomic E-state index is -3.62. The van der Waals surface area contributed by atoms with Gasteiger partial charge in [0.1, 0.15) is 5.82 Å². The first-order chi connectivity index (χ1) is 18.5. The Labute approximate surface area is 221 Å². The molecule has 0 atom stereocenters. The number of nitrogens with zero attached hydrogens (tertiary/aromatic N) is 3. The second-order valence-electron chi connectivity index (χ2n) is 8.74. The molecule has 2 aromatic heterocycles. The summed E-state index contributed by atoms with van der Waals surface area (Å²) in [5.74, 6) is -1.27. The molecular formula is C27H22F2N4O5S. The minimum Gasteiger partial charge on any atom is -0.452 e. The van der Waals surface area contributed by atoms with E-state index in [9.17, 15) is 22.0 Å². The normalized spacial score (nSPS) is 11.6.